The number of anilines is 1. The van der Waals surface area contributed by atoms with Gasteiger partial charge < -0.3 is 10.4 Å². The lowest BCUT2D eigenvalue weighted by molar-refractivity contribution is 0.0696. The third kappa shape index (κ3) is 3.08. The highest BCUT2D eigenvalue weighted by atomic mass is 35.5. The van der Waals surface area contributed by atoms with Crippen molar-refractivity contribution in [1.82, 2.24) is 0 Å². The number of halogens is 2. The standard InChI is InChI=1S/C15H13ClFNO2/c1-9-11(15(19)20)3-2-4-14(9)18-8-10-5-6-12(16)13(17)7-10/h2-7,18H,8H2,1H3,(H,19,20). The molecular formula is C15H13ClFNO2. The first-order valence-corrected chi connectivity index (χ1v) is 6.37. The molecule has 0 aliphatic rings. The average Bonchev–Trinajstić information content (AvgIpc) is 2.41. The van der Waals surface area contributed by atoms with Gasteiger partial charge in [0.15, 0.2) is 0 Å². The summed E-state index contributed by atoms with van der Waals surface area (Å²) in [6.07, 6.45) is 0. The van der Waals surface area contributed by atoms with Crippen molar-refractivity contribution in [2.75, 3.05) is 5.32 Å². The van der Waals surface area contributed by atoms with Gasteiger partial charge in [-0.05, 0) is 42.3 Å². The number of benzene rings is 2. The first kappa shape index (κ1) is 14.3. The Hall–Kier alpha value is -2.07. The monoisotopic (exact) mass is 293 g/mol. The molecule has 5 heteroatoms. The van der Waals surface area contributed by atoms with Crippen LogP contribution in [0.3, 0.4) is 0 Å². The van der Waals surface area contributed by atoms with Gasteiger partial charge in [-0.2, -0.15) is 0 Å². The predicted octanol–water partition coefficient (Wildman–Crippen LogP) is 4.10. The summed E-state index contributed by atoms with van der Waals surface area (Å²) in [7, 11) is 0. The maximum Gasteiger partial charge on any atom is 0.336 e. The molecule has 0 aliphatic heterocycles. The van der Waals surface area contributed by atoms with Crippen molar-refractivity contribution in [2.24, 2.45) is 0 Å². The molecule has 0 heterocycles. The summed E-state index contributed by atoms with van der Waals surface area (Å²) in [5, 5.41) is 12.2. The fourth-order valence-electron chi connectivity index (χ4n) is 1.91. The van der Waals surface area contributed by atoms with Crippen molar-refractivity contribution < 1.29 is 14.3 Å². The lowest BCUT2D eigenvalue weighted by Crippen LogP contribution is -2.06. The normalized spacial score (nSPS) is 10.3. The number of hydrogen-bond donors (Lipinski definition) is 2. The van der Waals surface area contributed by atoms with E-state index in [0.29, 0.717) is 17.8 Å². The first-order valence-electron chi connectivity index (χ1n) is 5.99. The van der Waals surface area contributed by atoms with Gasteiger partial charge in [0.1, 0.15) is 5.82 Å². The third-order valence-corrected chi connectivity index (χ3v) is 3.34. The summed E-state index contributed by atoms with van der Waals surface area (Å²) in [5.74, 6) is -1.44. The molecule has 3 nitrogen and oxygen atoms in total. The van der Waals surface area contributed by atoms with Crippen molar-refractivity contribution in [1.29, 1.82) is 0 Å². The average molecular weight is 294 g/mol. The molecule has 0 spiro atoms. The minimum Gasteiger partial charge on any atom is -0.478 e. The van der Waals surface area contributed by atoms with Crippen molar-refractivity contribution in [3.05, 3.63) is 63.9 Å². The summed E-state index contributed by atoms with van der Waals surface area (Å²) in [6, 6.07) is 9.56. The molecule has 0 radical (unpaired) electrons. The molecule has 104 valence electrons. The second-order valence-corrected chi connectivity index (χ2v) is 4.79. The van der Waals surface area contributed by atoms with E-state index in [-0.39, 0.29) is 10.6 Å². The minimum absolute atomic E-state index is 0.0813. The van der Waals surface area contributed by atoms with E-state index >= 15 is 0 Å². The topological polar surface area (TPSA) is 49.3 Å². The molecule has 0 amide bonds. The van der Waals surface area contributed by atoms with E-state index < -0.39 is 11.8 Å². The second-order valence-electron chi connectivity index (χ2n) is 4.39. The second kappa shape index (κ2) is 5.92. The van der Waals surface area contributed by atoms with Gasteiger partial charge in [0.2, 0.25) is 0 Å². The zero-order valence-corrected chi connectivity index (χ0v) is 11.5. The molecule has 0 fully saturated rings. The lowest BCUT2D eigenvalue weighted by Gasteiger charge is -2.11. The van der Waals surface area contributed by atoms with Crippen LogP contribution < -0.4 is 5.32 Å². The van der Waals surface area contributed by atoms with Crippen LogP contribution in [-0.4, -0.2) is 11.1 Å². The molecule has 2 aromatic rings. The summed E-state index contributed by atoms with van der Waals surface area (Å²) in [6.45, 7) is 2.12. The molecule has 0 aromatic heterocycles. The lowest BCUT2D eigenvalue weighted by atomic mass is 10.1. The van der Waals surface area contributed by atoms with E-state index in [2.05, 4.69) is 5.32 Å². The molecule has 0 bridgehead atoms. The molecule has 0 aliphatic carbocycles. The molecule has 0 saturated carbocycles. The molecule has 2 rings (SSSR count). The van der Waals surface area contributed by atoms with E-state index in [1.165, 1.54) is 12.1 Å². The molecule has 2 aromatic carbocycles. The Balaban J connectivity index is 2.17. The number of nitrogens with one attached hydrogen (secondary N) is 1. The number of carbonyl (C=O) groups is 1. The SMILES string of the molecule is Cc1c(NCc2ccc(Cl)c(F)c2)cccc1C(=O)O. The van der Waals surface area contributed by atoms with Crippen LogP contribution in [0.4, 0.5) is 10.1 Å². The van der Waals surface area contributed by atoms with Gasteiger partial charge in [0.05, 0.1) is 10.6 Å². The molecule has 2 N–H and O–H groups in total. The van der Waals surface area contributed by atoms with Crippen LogP contribution in [0.5, 0.6) is 0 Å². The minimum atomic E-state index is -0.969. The van der Waals surface area contributed by atoms with Crippen LogP contribution in [0.1, 0.15) is 21.5 Å². The van der Waals surface area contributed by atoms with Gasteiger partial charge in [-0.1, -0.05) is 23.7 Å². The molecular weight excluding hydrogens is 281 g/mol. The molecule has 0 unspecified atom stereocenters. The Morgan fingerprint density at radius 1 is 1.35 bits per heavy atom. The fourth-order valence-corrected chi connectivity index (χ4v) is 2.02. The van der Waals surface area contributed by atoms with E-state index in [1.54, 1.807) is 31.2 Å². The highest BCUT2D eigenvalue weighted by Gasteiger charge is 2.09. The Kier molecular flexibility index (Phi) is 4.25. The fraction of sp³-hybridized carbons (Fsp3) is 0.133. The van der Waals surface area contributed by atoms with E-state index in [4.69, 9.17) is 16.7 Å². The van der Waals surface area contributed by atoms with Crippen molar-refractivity contribution in [2.45, 2.75) is 13.5 Å². The smallest absolute Gasteiger partial charge is 0.336 e. The Morgan fingerprint density at radius 2 is 2.10 bits per heavy atom. The van der Waals surface area contributed by atoms with Crippen LogP contribution in [0.25, 0.3) is 0 Å². The van der Waals surface area contributed by atoms with Gasteiger partial charge in [-0.15, -0.1) is 0 Å². The summed E-state index contributed by atoms with van der Waals surface area (Å²) < 4.78 is 13.3. The van der Waals surface area contributed by atoms with Crippen LogP contribution in [-0.2, 0) is 6.54 Å². The summed E-state index contributed by atoms with van der Waals surface area (Å²) in [5.41, 5.74) is 2.33. The van der Waals surface area contributed by atoms with Gasteiger partial charge in [-0.25, -0.2) is 9.18 Å². The molecule has 0 saturated heterocycles. The van der Waals surface area contributed by atoms with Crippen molar-refractivity contribution in [3.63, 3.8) is 0 Å². The Morgan fingerprint density at radius 3 is 2.75 bits per heavy atom. The number of hydrogen-bond acceptors (Lipinski definition) is 2. The Bertz CT molecular complexity index is 658. The zero-order valence-electron chi connectivity index (χ0n) is 10.8. The van der Waals surface area contributed by atoms with Gasteiger partial charge in [0.25, 0.3) is 0 Å². The summed E-state index contributed by atoms with van der Waals surface area (Å²) in [4.78, 5) is 11.0. The van der Waals surface area contributed by atoms with Crippen LogP contribution >= 0.6 is 11.6 Å². The zero-order chi connectivity index (χ0) is 14.7. The highest BCUT2D eigenvalue weighted by Crippen LogP contribution is 2.21. The van der Waals surface area contributed by atoms with E-state index in [1.807, 2.05) is 0 Å². The van der Waals surface area contributed by atoms with Crippen LogP contribution in [0.2, 0.25) is 5.02 Å². The maximum atomic E-state index is 13.3. The van der Waals surface area contributed by atoms with Gasteiger partial charge >= 0.3 is 5.97 Å². The Labute approximate surface area is 121 Å². The first-order chi connectivity index (χ1) is 9.49. The number of rotatable bonds is 4. The number of aromatic carboxylic acids is 1. The van der Waals surface area contributed by atoms with E-state index in [9.17, 15) is 9.18 Å². The maximum absolute atomic E-state index is 13.3. The van der Waals surface area contributed by atoms with Crippen LogP contribution in [0.15, 0.2) is 36.4 Å². The molecule has 0 atom stereocenters. The highest BCUT2D eigenvalue weighted by molar-refractivity contribution is 6.30. The van der Waals surface area contributed by atoms with Crippen LogP contribution in [0, 0.1) is 12.7 Å². The third-order valence-electron chi connectivity index (χ3n) is 3.03. The van der Waals surface area contributed by atoms with Gasteiger partial charge in [0, 0.05) is 12.2 Å². The van der Waals surface area contributed by atoms with Gasteiger partial charge in [-0.3, -0.25) is 0 Å². The number of carboxylic acids is 1. The predicted molar refractivity (Wildman–Crippen MR) is 76.9 cm³/mol. The quantitative estimate of drug-likeness (QED) is 0.892. The van der Waals surface area contributed by atoms with Crippen molar-refractivity contribution in [3.8, 4) is 0 Å². The molecule has 20 heavy (non-hydrogen) atoms. The largest absolute Gasteiger partial charge is 0.478 e. The van der Waals surface area contributed by atoms with Crippen molar-refractivity contribution >= 4 is 23.3 Å². The van der Waals surface area contributed by atoms with E-state index in [0.717, 1.165) is 5.56 Å². The summed E-state index contributed by atoms with van der Waals surface area (Å²) >= 11 is 5.62. The number of carboxylic acid groups (broad SMARTS) is 1.